The second kappa shape index (κ2) is 23.9. The average Bonchev–Trinajstić information content (AvgIpc) is 3.73. The van der Waals surface area contributed by atoms with Crippen LogP contribution in [0, 0.1) is 18.8 Å². The fourth-order valence-electron chi connectivity index (χ4n) is 10.1. The molecule has 17 heteroatoms. The van der Waals surface area contributed by atoms with Gasteiger partial charge < -0.3 is 40.5 Å². The minimum atomic E-state index is -1.24. The summed E-state index contributed by atoms with van der Waals surface area (Å²) in [5, 5.41) is 13.5. The van der Waals surface area contributed by atoms with Crippen molar-refractivity contribution in [3.8, 4) is 0 Å². The van der Waals surface area contributed by atoms with Gasteiger partial charge in [0.15, 0.2) is 0 Å². The second-order valence-corrected chi connectivity index (χ2v) is 21.6. The van der Waals surface area contributed by atoms with Crippen molar-refractivity contribution in [3.63, 3.8) is 0 Å². The standard InChI is InChI=1S/C56H78N10O7/c1-13-15-20-41-49(67)62-44(30-39-32-66(56(9,10)14-2)45-21-17-16-19-40(39)45)54(72)64(12)47(26-33(3)4)51(69)61-43(29-37-23-24-38-31-57-36(8)59-42(38)28-37)50(68)58-35(7)53(71)63(11)46-22-18-25-65(55(46)73)48(27-34(5)6)52(70)60-41/h14,16-17,19,21,23-24,28,31-35,41,43-44,46-48H,2,13,15,18,20,22,25-27,29-30H2,1,3-12H3,(H,58,68)(H,60,70)(H,61,69)(H,62,67)/t35-,41-,43-,44-,46-,47-,48-/m0/s1. The van der Waals surface area contributed by atoms with Crippen LogP contribution in [0.2, 0.25) is 0 Å². The molecule has 4 heterocycles. The third-order valence-electron chi connectivity index (χ3n) is 14.4. The van der Waals surface area contributed by atoms with Gasteiger partial charge >= 0.3 is 0 Å². The number of piperidine rings is 1. The minimum absolute atomic E-state index is 0.00331. The molecule has 394 valence electrons. The molecule has 0 spiro atoms. The van der Waals surface area contributed by atoms with E-state index in [9.17, 15) is 28.8 Å². The first kappa shape index (κ1) is 55.7. The van der Waals surface area contributed by atoms with Crippen molar-refractivity contribution in [1.82, 2.24) is 50.5 Å². The first-order valence-electron chi connectivity index (χ1n) is 26.1. The highest BCUT2D eigenvalue weighted by Gasteiger charge is 2.43. The number of unbranched alkanes of at least 4 members (excludes halogenated alkanes) is 1. The lowest BCUT2D eigenvalue weighted by Crippen LogP contribution is -2.62. The van der Waals surface area contributed by atoms with Gasteiger partial charge in [0.25, 0.3) is 0 Å². The molecule has 6 rings (SSSR count). The van der Waals surface area contributed by atoms with Gasteiger partial charge in [-0.25, -0.2) is 9.97 Å². The molecule has 2 fully saturated rings. The van der Waals surface area contributed by atoms with Gasteiger partial charge in [0.1, 0.15) is 48.1 Å². The van der Waals surface area contributed by atoms with Crippen LogP contribution < -0.4 is 21.3 Å². The lowest BCUT2D eigenvalue weighted by atomic mass is 9.95. The Balaban J connectivity index is 1.48. The van der Waals surface area contributed by atoms with Crippen molar-refractivity contribution in [1.29, 1.82) is 0 Å². The summed E-state index contributed by atoms with van der Waals surface area (Å²) in [5.74, 6) is -3.45. The van der Waals surface area contributed by atoms with E-state index in [1.165, 1.54) is 35.7 Å². The molecule has 0 unspecified atom stereocenters. The summed E-state index contributed by atoms with van der Waals surface area (Å²) < 4.78 is 2.08. The van der Waals surface area contributed by atoms with Crippen LogP contribution in [-0.2, 0) is 51.9 Å². The molecule has 7 atom stereocenters. The maximum Gasteiger partial charge on any atom is 0.246 e. The van der Waals surface area contributed by atoms with Crippen molar-refractivity contribution in [2.24, 2.45) is 11.8 Å². The van der Waals surface area contributed by atoms with E-state index < -0.39 is 89.2 Å². The Morgan fingerprint density at radius 1 is 0.781 bits per heavy atom. The average molecular weight is 1000 g/mol. The van der Waals surface area contributed by atoms with Gasteiger partial charge in [0.05, 0.1) is 11.1 Å². The lowest BCUT2D eigenvalue weighted by molar-refractivity contribution is -0.153. The number of nitrogens with one attached hydrogen (secondary N) is 4. The van der Waals surface area contributed by atoms with Crippen LogP contribution >= 0.6 is 0 Å². The second-order valence-electron chi connectivity index (χ2n) is 21.6. The first-order valence-corrected chi connectivity index (χ1v) is 26.1. The molecule has 0 aliphatic carbocycles. The zero-order chi connectivity index (χ0) is 53.5. The van der Waals surface area contributed by atoms with Crippen LogP contribution in [0.4, 0.5) is 0 Å². The van der Waals surface area contributed by atoms with E-state index in [1.54, 1.807) is 13.1 Å². The molecule has 4 N–H and O–H groups in total. The number of hydrogen-bond donors (Lipinski definition) is 4. The summed E-state index contributed by atoms with van der Waals surface area (Å²) in [5.41, 5.74) is 2.45. The molecule has 2 aromatic carbocycles. The topological polar surface area (TPSA) is 208 Å². The highest BCUT2D eigenvalue weighted by atomic mass is 16.2. The monoisotopic (exact) mass is 1000 g/mol. The largest absolute Gasteiger partial charge is 0.343 e. The van der Waals surface area contributed by atoms with Crippen LogP contribution in [0.1, 0.15) is 117 Å². The molecule has 4 aromatic rings. The third-order valence-corrected chi connectivity index (χ3v) is 14.4. The smallest absolute Gasteiger partial charge is 0.246 e. The summed E-state index contributed by atoms with van der Waals surface area (Å²) in [7, 11) is 3.05. The zero-order valence-corrected chi connectivity index (χ0v) is 44.8. The number of benzene rings is 2. The van der Waals surface area contributed by atoms with E-state index >= 15 is 4.79 Å². The normalized spacial score (nSPS) is 23.7. The lowest BCUT2D eigenvalue weighted by Gasteiger charge is -2.41. The predicted octanol–water partition coefficient (Wildman–Crippen LogP) is 5.50. The maximum absolute atomic E-state index is 15.4. The van der Waals surface area contributed by atoms with E-state index in [-0.39, 0.29) is 50.5 Å². The number of fused-ring (bicyclic) bond motifs is 4. The summed E-state index contributed by atoms with van der Waals surface area (Å²) in [4.78, 5) is 117. The van der Waals surface area contributed by atoms with E-state index in [1.807, 2.05) is 103 Å². The van der Waals surface area contributed by atoms with E-state index in [2.05, 4.69) is 42.4 Å². The molecule has 7 amide bonds. The Bertz CT molecular complexity index is 2690. The van der Waals surface area contributed by atoms with E-state index in [0.29, 0.717) is 42.6 Å². The van der Waals surface area contributed by atoms with Crippen molar-refractivity contribution in [2.75, 3.05) is 20.6 Å². The molecule has 0 radical (unpaired) electrons. The number of hydrogen-bond acceptors (Lipinski definition) is 9. The molecule has 73 heavy (non-hydrogen) atoms. The highest BCUT2D eigenvalue weighted by Crippen LogP contribution is 2.30. The van der Waals surface area contributed by atoms with Crippen molar-refractivity contribution in [2.45, 2.75) is 168 Å². The Labute approximate surface area is 430 Å². The molecule has 2 bridgehead atoms. The Hall–Kier alpha value is -6.65. The number of allylic oxidation sites excluding steroid dienone is 1. The van der Waals surface area contributed by atoms with Gasteiger partial charge in [-0.05, 0) is 94.9 Å². The van der Waals surface area contributed by atoms with Crippen molar-refractivity contribution < 1.29 is 33.6 Å². The number of aryl methyl sites for hydroxylation is 1. The van der Waals surface area contributed by atoms with Gasteiger partial charge in [-0.2, -0.15) is 0 Å². The van der Waals surface area contributed by atoms with Crippen LogP contribution in [0.5, 0.6) is 0 Å². The van der Waals surface area contributed by atoms with E-state index in [4.69, 9.17) is 0 Å². The van der Waals surface area contributed by atoms with Gasteiger partial charge in [-0.3, -0.25) is 33.6 Å². The number of amides is 7. The van der Waals surface area contributed by atoms with Gasteiger partial charge in [-0.1, -0.05) is 83.9 Å². The summed E-state index contributed by atoms with van der Waals surface area (Å²) in [6.07, 6.45) is 8.38. The fraction of sp³-hybridized carbons (Fsp3) is 0.554. The zero-order valence-electron chi connectivity index (χ0n) is 44.8. The molecular weight excluding hydrogens is 925 g/mol. The number of likely N-dealkylation sites (N-methyl/N-ethyl adjacent to an activating group) is 2. The number of carbonyl (C=O) groups is 7. The summed E-state index contributed by atoms with van der Waals surface area (Å²) in [6, 6.07) is 5.57. The number of carbonyl (C=O) groups excluding carboxylic acids is 7. The van der Waals surface area contributed by atoms with Crippen LogP contribution in [0.3, 0.4) is 0 Å². The molecule has 0 saturated carbocycles. The molecule has 2 saturated heterocycles. The highest BCUT2D eigenvalue weighted by molar-refractivity contribution is 5.99. The number of para-hydroxylation sites is 1. The Morgan fingerprint density at radius 2 is 1.42 bits per heavy atom. The Kier molecular flexibility index (Phi) is 18.2. The molecule has 17 nitrogen and oxygen atoms in total. The molecule has 2 aromatic heterocycles. The van der Waals surface area contributed by atoms with E-state index in [0.717, 1.165) is 21.9 Å². The first-order chi connectivity index (χ1) is 34.5. The Morgan fingerprint density at radius 3 is 2.11 bits per heavy atom. The molecule has 2 aliphatic rings. The van der Waals surface area contributed by atoms with Crippen LogP contribution in [-0.4, -0.2) is 134 Å². The van der Waals surface area contributed by atoms with Gasteiger partial charge in [0.2, 0.25) is 41.4 Å². The minimum Gasteiger partial charge on any atom is -0.343 e. The SMILES string of the molecule is C=CC(C)(C)n1cc(C[C@@H]2NC(=O)[C@H](CCCC)NC(=O)[C@H](CC(C)C)N3CCC[C@@H](C3=O)N(C)C(=O)[C@H](C)NC(=O)[C@H](Cc3ccc4cnc(C)nc4c3)NC(=O)[C@H](CC(C)C)N(C)C2=O)c2ccccc21. The predicted molar refractivity (Wildman–Crippen MR) is 283 cm³/mol. The molecular formula is C56H78N10O7. The number of rotatable bonds is 13. The molecule has 2 aliphatic heterocycles. The van der Waals surface area contributed by atoms with Gasteiger partial charge in [-0.15, -0.1) is 6.58 Å². The third kappa shape index (κ3) is 13.1. The summed E-state index contributed by atoms with van der Waals surface area (Å²) in [6.45, 7) is 21.5. The van der Waals surface area contributed by atoms with Crippen molar-refractivity contribution in [3.05, 3.63) is 84.5 Å². The van der Waals surface area contributed by atoms with Crippen molar-refractivity contribution >= 4 is 63.2 Å². The number of nitrogens with zero attached hydrogens (tertiary/aromatic N) is 6. The fourth-order valence-corrected chi connectivity index (χ4v) is 10.1. The van der Waals surface area contributed by atoms with Gasteiger partial charge in [0, 0.05) is 62.2 Å². The van der Waals surface area contributed by atoms with Crippen LogP contribution in [0.25, 0.3) is 21.8 Å². The maximum atomic E-state index is 15.4. The quantitative estimate of drug-likeness (QED) is 0.125. The number of aromatic nitrogens is 3. The van der Waals surface area contributed by atoms with Crippen LogP contribution in [0.15, 0.2) is 67.5 Å². The summed E-state index contributed by atoms with van der Waals surface area (Å²) >= 11 is 0.